The van der Waals surface area contributed by atoms with Crippen LogP contribution in [0.1, 0.15) is 0 Å². The molecule has 13 aromatic rings. The lowest BCUT2D eigenvalue weighted by Gasteiger charge is -2.29. The summed E-state index contributed by atoms with van der Waals surface area (Å²) in [6, 6.07) is 90.2. The maximum absolute atomic E-state index is 7.09. The van der Waals surface area contributed by atoms with Gasteiger partial charge in [-0.05, 0) is 125 Å². The molecule has 13 rings (SSSR count). The number of furan rings is 1. The highest BCUT2D eigenvalue weighted by Gasteiger charge is 2.25. The monoisotopic (exact) mass is 839 g/mol. The molecule has 308 valence electrons. The van der Waals surface area contributed by atoms with Crippen molar-refractivity contribution >= 4 is 82.1 Å². The second-order valence-electron chi connectivity index (χ2n) is 17.2. The van der Waals surface area contributed by atoms with Gasteiger partial charge in [-0.2, -0.15) is 0 Å². The van der Waals surface area contributed by atoms with Gasteiger partial charge in [0.1, 0.15) is 11.2 Å². The van der Waals surface area contributed by atoms with Gasteiger partial charge in [-0.15, -0.1) is 0 Å². The molecular formula is C64H41NO. The molecule has 2 heteroatoms. The van der Waals surface area contributed by atoms with Gasteiger partial charge in [0.2, 0.25) is 0 Å². The third kappa shape index (κ3) is 6.18. The van der Waals surface area contributed by atoms with Gasteiger partial charge >= 0.3 is 0 Å². The minimum atomic E-state index is 0.854. The molecule has 0 atom stereocenters. The van der Waals surface area contributed by atoms with E-state index >= 15 is 0 Å². The van der Waals surface area contributed by atoms with Crippen molar-refractivity contribution in [2.75, 3.05) is 4.90 Å². The van der Waals surface area contributed by atoms with Crippen molar-refractivity contribution < 1.29 is 4.42 Å². The van der Waals surface area contributed by atoms with Crippen LogP contribution in [0, 0.1) is 0 Å². The predicted octanol–water partition coefficient (Wildman–Crippen LogP) is 18.3. The highest BCUT2D eigenvalue weighted by atomic mass is 16.3. The smallest absolute Gasteiger partial charge is 0.145 e. The Hall–Kier alpha value is -8.72. The zero-order valence-corrected chi connectivity index (χ0v) is 36.0. The molecule has 0 saturated carbocycles. The topological polar surface area (TPSA) is 16.4 Å². The fourth-order valence-corrected chi connectivity index (χ4v) is 10.4. The molecule has 0 spiro atoms. The van der Waals surface area contributed by atoms with Gasteiger partial charge < -0.3 is 9.32 Å². The summed E-state index contributed by atoms with van der Waals surface area (Å²) in [7, 11) is 0. The summed E-state index contributed by atoms with van der Waals surface area (Å²) in [5, 5.41) is 12.0. The van der Waals surface area contributed by atoms with Crippen molar-refractivity contribution in [2.45, 2.75) is 0 Å². The molecule has 0 fully saturated rings. The number of benzene rings is 12. The number of anilines is 3. The zero-order chi connectivity index (χ0) is 43.6. The van der Waals surface area contributed by atoms with Crippen LogP contribution in [0.15, 0.2) is 253 Å². The lowest BCUT2D eigenvalue weighted by Crippen LogP contribution is -2.12. The number of para-hydroxylation sites is 2. The van der Waals surface area contributed by atoms with E-state index in [4.69, 9.17) is 4.42 Å². The van der Waals surface area contributed by atoms with E-state index in [0.717, 1.165) is 66.8 Å². The summed E-state index contributed by atoms with van der Waals surface area (Å²) in [6.07, 6.45) is 0. The lowest BCUT2D eigenvalue weighted by atomic mass is 9.91. The average Bonchev–Trinajstić information content (AvgIpc) is 3.79. The Kier molecular flexibility index (Phi) is 8.89. The maximum Gasteiger partial charge on any atom is 0.145 e. The van der Waals surface area contributed by atoms with Crippen LogP contribution in [0.4, 0.5) is 17.1 Å². The fraction of sp³-hybridized carbons (Fsp3) is 0. The van der Waals surface area contributed by atoms with E-state index in [1.54, 1.807) is 0 Å². The van der Waals surface area contributed by atoms with E-state index < -0.39 is 0 Å². The second kappa shape index (κ2) is 15.5. The number of hydrogen-bond acceptors (Lipinski definition) is 2. The molecule has 2 nitrogen and oxygen atoms in total. The van der Waals surface area contributed by atoms with Gasteiger partial charge in [0, 0.05) is 22.2 Å². The SMILES string of the molecule is c1ccc(-c2ccc(-c3ccccc3N(c3cccc(-c4cc5ccccc5c5ccccc45)c3)c3ccc(-c4cc5ccccc5c5ccccc45)c4oc5ccccc5c34)cc2)cc1. The van der Waals surface area contributed by atoms with E-state index in [1.807, 2.05) is 0 Å². The molecule has 1 aromatic heterocycles. The first-order valence-electron chi connectivity index (χ1n) is 22.7. The molecule has 0 aliphatic rings. The van der Waals surface area contributed by atoms with Gasteiger partial charge in [-0.25, -0.2) is 0 Å². The minimum absolute atomic E-state index is 0.854. The number of rotatable bonds is 7. The van der Waals surface area contributed by atoms with Gasteiger partial charge in [0.15, 0.2) is 0 Å². The van der Waals surface area contributed by atoms with Crippen molar-refractivity contribution in [1.82, 2.24) is 0 Å². The van der Waals surface area contributed by atoms with E-state index in [0.29, 0.717) is 0 Å². The quantitative estimate of drug-likeness (QED) is 0.149. The van der Waals surface area contributed by atoms with Crippen LogP contribution < -0.4 is 4.90 Å². The fourth-order valence-electron chi connectivity index (χ4n) is 10.4. The highest BCUT2D eigenvalue weighted by molar-refractivity contribution is 6.21. The first-order chi connectivity index (χ1) is 32.7. The first-order valence-corrected chi connectivity index (χ1v) is 22.7. The first kappa shape index (κ1) is 37.8. The summed E-state index contributed by atoms with van der Waals surface area (Å²) in [6.45, 7) is 0. The van der Waals surface area contributed by atoms with Gasteiger partial charge in [-0.3, -0.25) is 0 Å². The van der Waals surface area contributed by atoms with Crippen LogP contribution in [0.2, 0.25) is 0 Å². The Morgan fingerprint density at radius 2 is 0.803 bits per heavy atom. The summed E-state index contributed by atoms with van der Waals surface area (Å²) < 4.78 is 7.09. The van der Waals surface area contributed by atoms with E-state index in [9.17, 15) is 0 Å². The molecule has 0 amide bonds. The van der Waals surface area contributed by atoms with Crippen LogP contribution >= 0.6 is 0 Å². The van der Waals surface area contributed by atoms with Gasteiger partial charge in [-0.1, -0.05) is 200 Å². The van der Waals surface area contributed by atoms with Crippen LogP contribution in [-0.2, 0) is 0 Å². The largest absolute Gasteiger partial charge is 0.455 e. The van der Waals surface area contributed by atoms with Gasteiger partial charge in [0.05, 0.1) is 16.8 Å². The molecule has 0 aliphatic heterocycles. The third-order valence-corrected chi connectivity index (χ3v) is 13.4. The Morgan fingerprint density at radius 1 is 0.273 bits per heavy atom. The average molecular weight is 840 g/mol. The Labute approximate surface area is 382 Å². The number of fused-ring (bicyclic) bond motifs is 9. The molecule has 66 heavy (non-hydrogen) atoms. The summed E-state index contributed by atoms with van der Waals surface area (Å²) in [5.74, 6) is 0. The van der Waals surface area contributed by atoms with Crippen molar-refractivity contribution in [3.05, 3.63) is 249 Å². The van der Waals surface area contributed by atoms with E-state index in [1.165, 1.54) is 59.8 Å². The summed E-state index contributed by atoms with van der Waals surface area (Å²) in [5.41, 5.74) is 14.1. The Morgan fingerprint density at radius 3 is 1.53 bits per heavy atom. The molecular weight excluding hydrogens is 799 g/mol. The normalized spacial score (nSPS) is 11.6. The summed E-state index contributed by atoms with van der Waals surface area (Å²) >= 11 is 0. The molecule has 0 saturated heterocycles. The molecule has 1 heterocycles. The molecule has 12 aromatic carbocycles. The molecule has 0 bridgehead atoms. The minimum Gasteiger partial charge on any atom is -0.455 e. The van der Waals surface area contributed by atoms with Crippen molar-refractivity contribution in [1.29, 1.82) is 0 Å². The van der Waals surface area contributed by atoms with Gasteiger partial charge in [0.25, 0.3) is 0 Å². The lowest BCUT2D eigenvalue weighted by molar-refractivity contribution is 0.670. The van der Waals surface area contributed by atoms with Crippen LogP contribution in [0.3, 0.4) is 0 Å². The number of nitrogens with zero attached hydrogens (tertiary/aromatic N) is 1. The number of hydrogen-bond donors (Lipinski definition) is 0. The highest BCUT2D eigenvalue weighted by Crippen LogP contribution is 2.50. The zero-order valence-electron chi connectivity index (χ0n) is 36.0. The van der Waals surface area contributed by atoms with Crippen molar-refractivity contribution in [2.24, 2.45) is 0 Å². The van der Waals surface area contributed by atoms with Crippen molar-refractivity contribution in [3.8, 4) is 44.5 Å². The second-order valence-corrected chi connectivity index (χ2v) is 17.2. The molecule has 0 aliphatic carbocycles. The molecule has 0 radical (unpaired) electrons. The predicted molar refractivity (Wildman–Crippen MR) is 280 cm³/mol. The third-order valence-electron chi connectivity index (χ3n) is 13.4. The van der Waals surface area contributed by atoms with E-state index in [-0.39, 0.29) is 0 Å². The molecule has 0 N–H and O–H groups in total. The van der Waals surface area contributed by atoms with E-state index in [2.05, 4.69) is 254 Å². The van der Waals surface area contributed by atoms with Crippen LogP contribution in [-0.4, -0.2) is 0 Å². The van der Waals surface area contributed by atoms with Crippen LogP contribution in [0.25, 0.3) is 110 Å². The Bertz CT molecular complexity index is 3990. The Balaban J connectivity index is 1.08. The van der Waals surface area contributed by atoms with Crippen LogP contribution in [0.5, 0.6) is 0 Å². The summed E-state index contributed by atoms with van der Waals surface area (Å²) in [4.78, 5) is 2.46. The molecule has 0 unspecified atom stereocenters. The maximum atomic E-state index is 7.09. The van der Waals surface area contributed by atoms with Crippen molar-refractivity contribution in [3.63, 3.8) is 0 Å². The standard InChI is InChI=1S/C64H41NO/c1-2-17-42(18-3-1)43-33-35-44(36-34-43)51-25-12-14-31-60(51)65(48-22-16-21-45(39-48)58-40-46-19-4-6-23-49(46)52-26-8-10-28-54(52)58)61-38-37-56(64-63(61)57-30-13-15-32-62(57)66-64)59-41-47-20-5-7-24-50(47)53-27-9-11-29-55(53)59/h1-41H.